The maximum atomic E-state index is 10.6. The molecule has 2 amide bonds. The monoisotopic (exact) mass is 209 g/mol. The normalized spacial score (nSPS) is 39.7. The quantitative estimate of drug-likeness (QED) is 0.636. The molecule has 2 fully saturated rings. The maximum Gasteiger partial charge on any atom is 0.332 e. The Balaban J connectivity index is 2.26. The van der Waals surface area contributed by atoms with Crippen LogP contribution < -0.4 is 11.2 Å². The first kappa shape index (κ1) is 10.5. The molecular weight excluding hydrogens is 190 g/mol. The first-order valence-electron chi connectivity index (χ1n) is 5.50. The molecule has 0 heterocycles. The molecule has 3 N–H and O–H groups in total. The van der Waals surface area contributed by atoms with E-state index in [0.29, 0.717) is 11.3 Å². The predicted octanol–water partition coefficient (Wildman–Crippen LogP) is 1.86. The van der Waals surface area contributed by atoms with Gasteiger partial charge in [0.1, 0.15) is 0 Å². The number of fused-ring (bicyclic) bond motifs is 2. The highest BCUT2D eigenvalue weighted by Gasteiger charge is 2.59. The summed E-state index contributed by atoms with van der Waals surface area (Å²) in [5.41, 5.74) is 8.93. The topological polar surface area (TPSA) is 67.5 Å². The van der Waals surface area contributed by atoms with Gasteiger partial charge in [0, 0.05) is 11.1 Å². The van der Waals surface area contributed by atoms with Crippen molar-refractivity contribution >= 4 is 11.7 Å². The summed E-state index contributed by atoms with van der Waals surface area (Å²) in [5.74, 6) is 0.705. The van der Waals surface area contributed by atoms with Gasteiger partial charge in [0.05, 0.1) is 0 Å². The summed E-state index contributed by atoms with van der Waals surface area (Å²) in [4.78, 5) is 10.6. The van der Waals surface area contributed by atoms with Crippen LogP contribution in [-0.2, 0) is 0 Å². The number of nitrogens with two attached hydrogens (primary N) is 1. The average Bonchev–Trinajstić information content (AvgIpc) is 2.46. The molecule has 84 valence electrons. The van der Waals surface area contributed by atoms with Crippen molar-refractivity contribution in [3.8, 4) is 0 Å². The highest BCUT2D eigenvalue weighted by atomic mass is 16.2. The van der Waals surface area contributed by atoms with E-state index in [1.807, 2.05) is 0 Å². The summed E-state index contributed by atoms with van der Waals surface area (Å²) in [5, 5.41) is 4.16. The second kappa shape index (κ2) is 2.97. The van der Waals surface area contributed by atoms with Crippen LogP contribution in [0, 0.1) is 16.7 Å². The van der Waals surface area contributed by atoms with Crippen molar-refractivity contribution in [1.29, 1.82) is 0 Å². The fraction of sp³-hybridized carbons (Fsp3) is 0.818. The smallest absolute Gasteiger partial charge is 0.332 e. The first-order chi connectivity index (χ1) is 6.88. The molecule has 15 heavy (non-hydrogen) atoms. The molecule has 2 atom stereocenters. The number of nitrogens with one attached hydrogen (secondary N) is 1. The minimum Gasteiger partial charge on any atom is -0.350 e. The van der Waals surface area contributed by atoms with Crippen LogP contribution in [0.25, 0.3) is 0 Å². The summed E-state index contributed by atoms with van der Waals surface area (Å²) in [6.07, 6.45) is 3.45. The van der Waals surface area contributed by atoms with Crippen LogP contribution in [0.15, 0.2) is 5.10 Å². The first-order valence-corrected chi connectivity index (χ1v) is 5.50. The van der Waals surface area contributed by atoms with Crippen molar-refractivity contribution in [3.05, 3.63) is 0 Å². The van der Waals surface area contributed by atoms with Crippen molar-refractivity contribution in [3.63, 3.8) is 0 Å². The van der Waals surface area contributed by atoms with E-state index in [4.69, 9.17) is 5.73 Å². The summed E-state index contributed by atoms with van der Waals surface area (Å²) in [6, 6.07) is -0.577. The highest BCUT2D eigenvalue weighted by Crippen LogP contribution is 2.63. The van der Waals surface area contributed by atoms with Gasteiger partial charge in [0.2, 0.25) is 0 Å². The number of carbonyl (C=O) groups is 1. The molecule has 4 heteroatoms. The van der Waals surface area contributed by atoms with Crippen LogP contribution in [0.4, 0.5) is 4.79 Å². The van der Waals surface area contributed by atoms with Crippen molar-refractivity contribution in [2.45, 2.75) is 40.0 Å². The van der Waals surface area contributed by atoms with E-state index < -0.39 is 6.03 Å². The Kier molecular flexibility index (Phi) is 2.07. The third-order valence-corrected chi connectivity index (χ3v) is 4.81. The molecule has 0 radical (unpaired) electrons. The SMILES string of the molecule is CC1(C)[C@H]2CC[C@]1(C)/C(=N\NC(N)=O)C2. The number of nitrogens with zero attached hydrogens (tertiary/aromatic N) is 1. The lowest BCUT2D eigenvalue weighted by Crippen LogP contribution is -2.35. The van der Waals surface area contributed by atoms with Gasteiger partial charge in [-0.05, 0) is 30.6 Å². The summed E-state index contributed by atoms with van der Waals surface area (Å²) in [7, 11) is 0. The van der Waals surface area contributed by atoms with Crippen LogP contribution in [-0.4, -0.2) is 11.7 Å². The molecule has 0 spiro atoms. The molecule has 2 saturated carbocycles. The van der Waals surface area contributed by atoms with Gasteiger partial charge in [-0.3, -0.25) is 0 Å². The maximum absolute atomic E-state index is 10.6. The number of rotatable bonds is 1. The zero-order valence-electron chi connectivity index (χ0n) is 9.63. The lowest BCUT2D eigenvalue weighted by atomic mass is 9.70. The van der Waals surface area contributed by atoms with Crippen LogP contribution in [0.2, 0.25) is 0 Å². The van der Waals surface area contributed by atoms with E-state index >= 15 is 0 Å². The Labute approximate surface area is 90.3 Å². The Hall–Kier alpha value is -1.06. The van der Waals surface area contributed by atoms with Crippen molar-refractivity contribution in [1.82, 2.24) is 5.43 Å². The standard InChI is InChI=1S/C11H19N3O/c1-10(2)7-4-5-11(10,3)8(6-7)13-14-9(12)15/h7H,4-6H2,1-3H3,(H3,12,14,15)/b13-8-/t7-,11+/m0/s1. The number of hydrogen-bond acceptors (Lipinski definition) is 2. The average molecular weight is 209 g/mol. The van der Waals surface area contributed by atoms with Gasteiger partial charge in [0.25, 0.3) is 0 Å². The lowest BCUT2D eigenvalue weighted by Gasteiger charge is -2.34. The summed E-state index contributed by atoms with van der Waals surface area (Å²) < 4.78 is 0. The molecule has 2 aliphatic rings. The van der Waals surface area contributed by atoms with Crippen LogP contribution in [0.3, 0.4) is 0 Å². The van der Waals surface area contributed by atoms with Gasteiger partial charge in [-0.2, -0.15) is 5.10 Å². The number of hydrazone groups is 1. The second-order valence-corrected chi connectivity index (χ2v) is 5.53. The van der Waals surface area contributed by atoms with Crippen molar-refractivity contribution in [2.75, 3.05) is 0 Å². The van der Waals surface area contributed by atoms with Gasteiger partial charge in [-0.1, -0.05) is 20.8 Å². The number of primary amides is 1. The lowest BCUT2D eigenvalue weighted by molar-refractivity contribution is 0.193. The fourth-order valence-electron chi connectivity index (χ4n) is 3.22. The van der Waals surface area contributed by atoms with Gasteiger partial charge in [0.15, 0.2) is 0 Å². The highest BCUT2D eigenvalue weighted by molar-refractivity contribution is 5.94. The third-order valence-electron chi connectivity index (χ3n) is 4.81. The molecule has 0 saturated heterocycles. The van der Waals surface area contributed by atoms with Crippen molar-refractivity contribution in [2.24, 2.45) is 27.6 Å². The molecule has 2 bridgehead atoms. The van der Waals surface area contributed by atoms with Gasteiger partial charge < -0.3 is 5.73 Å². The van der Waals surface area contributed by atoms with Gasteiger partial charge in [-0.25, -0.2) is 10.2 Å². The minimum absolute atomic E-state index is 0.139. The zero-order chi connectivity index (χ0) is 11.3. The van der Waals surface area contributed by atoms with Crippen molar-refractivity contribution < 1.29 is 4.79 Å². The Morgan fingerprint density at radius 2 is 2.20 bits per heavy atom. The van der Waals surface area contributed by atoms with Gasteiger partial charge >= 0.3 is 6.03 Å². The van der Waals surface area contributed by atoms with Gasteiger partial charge in [-0.15, -0.1) is 0 Å². The van der Waals surface area contributed by atoms with E-state index in [1.165, 1.54) is 12.8 Å². The molecular formula is C11H19N3O. The number of carbonyl (C=O) groups excluding carboxylic acids is 1. The summed E-state index contributed by atoms with van der Waals surface area (Å²) >= 11 is 0. The fourth-order valence-corrected chi connectivity index (χ4v) is 3.22. The number of amides is 2. The Morgan fingerprint density at radius 3 is 2.60 bits per heavy atom. The van der Waals surface area contributed by atoms with E-state index in [9.17, 15) is 4.79 Å². The molecule has 0 aromatic heterocycles. The minimum atomic E-state index is -0.577. The molecule has 0 aromatic carbocycles. The van der Waals surface area contributed by atoms with Crippen LogP contribution >= 0.6 is 0 Å². The summed E-state index contributed by atoms with van der Waals surface area (Å²) in [6.45, 7) is 6.86. The zero-order valence-corrected chi connectivity index (χ0v) is 9.63. The predicted molar refractivity (Wildman–Crippen MR) is 59.4 cm³/mol. The van der Waals surface area contributed by atoms with E-state index in [-0.39, 0.29) is 5.41 Å². The molecule has 0 aromatic rings. The number of hydrogen-bond donors (Lipinski definition) is 2. The van der Waals surface area contributed by atoms with E-state index in [1.54, 1.807) is 0 Å². The Bertz CT molecular complexity index is 335. The third kappa shape index (κ3) is 1.27. The molecule has 2 aliphatic carbocycles. The number of urea groups is 1. The van der Waals surface area contributed by atoms with Crippen LogP contribution in [0.5, 0.6) is 0 Å². The Morgan fingerprint density at radius 1 is 1.53 bits per heavy atom. The van der Waals surface area contributed by atoms with Crippen LogP contribution in [0.1, 0.15) is 40.0 Å². The molecule has 2 rings (SSSR count). The molecule has 0 unspecified atom stereocenters. The van der Waals surface area contributed by atoms with E-state index in [0.717, 1.165) is 12.1 Å². The molecule has 4 nitrogen and oxygen atoms in total. The largest absolute Gasteiger partial charge is 0.350 e. The molecule has 0 aliphatic heterocycles. The second-order valence-electron chi connectivity index (χ2n) is 5.53. The van der Waals surface area contributed by atoms with E-state index in [2.05, 4.69) is 31.3 Å².